The molecule has 4 aromatic rings. The van der Waals surface area contributed by atoms with Crippen LogP contribution in [0.4, 0.5) is 26.3 Å². The number of fused-ring (bicyclic) bond motifs is 1. The molecule has 0 aliphatic carbocycles. The van der Waals surface area contributed by atoms with Crippen LogP contribution in [0.1, 0.15) is 22.3 Å². The minimum atomic E-state index is -1.03. The average Bonchev–Trinajstić information content (AvgIpc) is 2.80. The average molecular weight is 466 g/mol. The summed E-state index contributed by atoms with van der Waals surface area (Å²) in [6.45, 7) is 0. The minimum Gasteiger partial charge on any atom is -0.497 e. The fourth-order valence-corrected chi connectivity index (χ4v) is 3.16. The molecule has 0 radical (unpaired) electrons. The van der Waals surface area contributed by atoms with Crippen LogP contribution in [0.2, 0.25) is 0 Å². The second kappa shape index (κ2) is 9.25. The topological polar surface area (TPSA) is 9.23 Å². The molecule has 168 valence electrons. The van der Waals surface area contributed by atoms with Gasteiger partial charge < -0.3 is 4.74 Å². The molecule has 1 nitrogen and oxygen atoms in total. The third-order valence-electron chi connectivity index (χ3n) is 4.86. The van der Waals surface area contributed by atoms with Gasteiger partial charge in [0.2, 0.25) is 0 Å². The summed E-state index contributed by atoms with van der Waals surface area (Å²) in [4.78, 5) is 0. The van der Waals surface area contributed by atoms with Gasteiger partial charge in [-0.05, 0) is 35.7 Å². The van der Waals surface area contributed by atoms with Gasteiger partial charge in [0, 0.05) is 28.6 Å². The SMILES string of the molecule is COc1cc(F)c(C#Cc2cc(F)c(C#Cc3ccc4c(F)c(F)ccc4c3)c(F)c2)c(F)c1. The summed E-state index contributed by atoms with van der Waals surface area (Å²) in [5.74, 6) is 3.46. The molecular weight excluding hydrogens is 454 g/mol. The summed E-state index contributed by atoms with van der Waals surface area (Å²) < 4.78 is 88.8. The van der Waals surface area contributed by atoms with Gasteiger partial charge >= 0.3 is 0 Å². The van der Waals surface area contributed by atoms with Gasteiger partial charge in [-0.15, -0.1) is 0 Å². The molecule has 0 N–H and O–H groups in total. The Bertz CT molecular complexity index is 1520. The Morgan fingerprint density at radius 3 is 1.71 bits per heavy atom. The van der Waals surface area contributed by atoms with Gasteiger partial charge in [0.05, 0.1) is 18.2 Å². The molecule has 0 aliphatic rings. The molecule has 0 fully saturated rings. The zero-order valence-electron chi connectivity index (χ0n) is 17.4. The maximum absolute atomic E-state index is 14.5. The van der Waals surface area contributed by atoms with Gasteiger partial charge in [-0.2, -0.15) is 0 Å². The fraction of sp³-hybridized carbons (Fsp3) is 0.0370. The van der Waals surface area contributed by atoms with Crippen LogP contribution in [0, 0.1) is 58.6 Å². The Morgan fingerprint density at radius 1 is 0.559 bits per heavy atom. The maximum Gasteiger partial charge on any atom is 0.166 e. The summed E-state index contributed by atoms with van der Waals surface area (Å²) in [6, 6.07) is 10.1. The van der Waals surface area contributed by atoms with E-state index in [0.29, 0.717) is 10.9 Å². The zero-order chi connectivity index (χ0) is 24.4. The molecule has 34 heavy (non-hydrogen) atoms. The van der Waals surface area contributed by atoms with Crippen molar-refractivity contribution in [2.75, 3.05) is 7.11 Å². The number of benzene rings is 4. The van der Waals surface area contributed by atoms with Crippen LogP contribution in [-0.2, 0) is 0 Å². The van der Waals surface area contributed by atoms with Crippen molar-refractivity contribution in [1.29, 1.82) is 0 Å². The summed E-state index contributed by atoms with van der Waals surface area (Å²) in [6.07, 6.45) is 0. The van der Waals surface area contributed by atoms with E-state index < -0.39 is 46.0 Å². The van der Waals surface area contributed by atoms with Crippen LogP contribution in [0.25, 0.3) is 10.8 Å². The lowest BCUT2D eigenvalue weighted by atomic mass is 10.1. The Labute approximate surface area is 190 Å². The van der Waals surface area contributed by atoms with Crippen LogP contribution < -0.4 is 4.74 Å². The molecule has 4 rings (SSSR count). The van der Waals surface area contributed by atoms with Crippen molar-refractivity contribution in [2.24, 2.45) is 0 Å². The smallest absolute Gasteiger partial charge is 0.166 e. The van der Waals surface area contributed by atoms with Crippen molar-refractivity contribution in [3.63, 3.8) is 0 Å². The number of hydrogen-bond donors (Lipinski definition) is 0. The van der Waals surface area contributed by atoms with Gasteiger partial charge in [-0.25, -0.2) is 26.3 Å². The number of halogens is 6. The van der Waals surface area contributed by atoms with Crippen LogP contribution in [-0.4, -0.2) is 7.11 Å². The molecule has 0 unspecified atom stereocenters. The number of hydrogen-bond acceptors (Lipinski definition) is 1. The van der Waals surface area contributed by atoms with Crippen molar-refractivity contribution >= 4 is 10.8 Å². The lowest BCUT2D eigenvalue weighted by Crippen LogP contribution is -1.94. The molecule has 4 aromatic carbocycles. The fourth-order valence-electron chi connectivity index (χ4n) is 3.16. The molecule has 0 saturated carbocycles. The molecule has 0 bridgehead atoms. The molecule has 0 aliphatic heterocycles. The van der Waals surface area contributed by atoms with Gasteiger partial charge in [-0.1, -0.05) is 35.8 Å². The van der Waals surface area contributed by atoms with E-state index in [0.717, 1.165) is 30.3 Å². The van der Waals surface area contributed by atoms with Crippen LogP contribution in [0.15, 0.2) is 54.6 Å². The van der Waals surface area contributed by atoms with E-state index in [4.69, 9.17) is 4.74 Å². The summed E-state index contributed by atoms with van der Waals surface area (Å²) in [5, 5.41) is 0.422. The second-order valence-corrected chi connectivity index (χ2v) is 7.08. The Kier molecular flexibility index (Phi) is 6.21. The molecule has 0 saturated heterocycles. The van der Waals surface area contributed by atoms with Crippen molar-refractivity contribution in [2.45, 2.75) is 0 Å². The maximum atomic E-state index is 14.5. The van der Waals surface area contributed by atoms with E-state index in [2.05, 4.69) is 23.7 Å². The van der Waals surface area contributed by atoms with Gasteiger partial charge in [0.25, 0.3) is 0 Å². The summed E-state index contributed by atoms with van der Waals surface area (Å²) in [5.41, 5.74) is -0.944. The Morgan fingerprint density at radius 2 is 1.12 bits per heavy atom. The lowest BCUT2D eigenvalue weighted by Gasteiger charge is -2.03. The number of methoxy groups -OCH3 is 1. The highest BCUT2D eigenvalue weighted by atomic mass is 19.2. The lowest BCUT2D eigenvalue weighted by molar-refractivity contribution is 0.406. The van der Waals surface area contributed by atoms with Crippen molar-refractivity contribution in [3.05, 3.63) is 112 Å². The molecular formula is C27H12F6O. The van der Waals surface area contributed by atoms with E-state index in [1.54, 1.807) is 0 Å². The van der Waals surface area contributed by atoms with Crippen LogP contribution in [0.5, 0.6) is 5.75 Å². The number of ether oxygens (including phenoxy) is 1. The van der Waals surface area contributed by atoms with Crippen molar-refractivity contribution in [1.82, 2.24) is 0 Å². The first kappa shape index (κ1) is 22.8. The van der Waals surface area contributed by atoms with Gasteiger partial charge in [-0.3, -0.25) is 0 Å². The minimum absolute atomic E-state index is 0.0377. The molecule has 0 aromatic heterocycles. The third kappa shape index (κ3) is 4.55. The predicted molar refractivity (Wildman–Crippen MR) is 115 cm³/mol. The first-order valence-corrected chi connectivity index (χ1v) is 9.70. The van der Waals surface area contributed by atoms with Crippen LogP contribution >= 0.6 is 0 Å². The summed E-state index contributed by atoms with van der Waals surface area (Å²) in [7, 11) is 1.25. The quantitative estimate of drug-likeness (QED) is 0.230. The standard InChI is InChI=1S/C27H12F6O/c1-34-18-13-25(31)21(26(32)14-18)8-4-16-11-23(29)20(24(30)12-16)7-3-15-2-6-19-17(10-15)5-9-22(28)27(19)33/h2,5-6,9-14H,1H3. The largest absolute Gasteiger partial charge is 0.497 e. The molecule has 7 heteroatoms. The summed E-state index contributed by atoms with van der Waals surface area (Å²) >= 11 is 0. The first-order chi connectivity index (χ1) is 16.3. The Balaban J connectivity index is 1.65. The van der Waals surface area contributed by atoms with Gasteiger partial charge in [0.1, 0.15) is 29.0 Å². The van der Waals surface area contributed by atoms with E-state index in [-0.39, 0.29) is 16.7 Å². The highest BCUT2D eigenvalue weighted by molar-refractivity contribution is 5.84. The monoisotopic (exact) mass is 466 g/mol. The van der Waals surface area contributed by atoms with Crippen LogP contribution in [0.3, 0.4) is 0 Å². The van der Waals surface area contributed by atoms with E-state index in [1.165, 1.54) is 31.4 Å². The van der Waals surface area contributed by atoms with Gasteiger partial charge in [0.15, 0.2) is 11.6 Å². The molecule has 0 spiro atoms. The molecule has 0 atom stereocenters. The highest BCUT2D eigenvalue weighted by Crippen LogP contribution is 2.22. The normalized spacial score (nSPS) is 10.3. The van der Waals surface area contributed by atoms with E-state index in [9.17, 15) is 26.3 Å². The first-order valence-electron chi connectivity index (χ1n) is 9.70. The third-order valence-corrected chi connectivity index (χ3v) is 4.86. The molecule has 0 heterocycles. The van der Waals surface area contributed by atoms with E-state index >= 15 is 0 Å². The van der Waals surface area contributed by atoms with Crippen molar-refractivity contribution < 1.29 is 31.1 Å². The number of rotatable bonds is 1. The predicted octanol–water partition coefficient (Wildman–Crippen LogP) is 6.48. The zero-order valence-corrected chi connectivity index (χ0v) is 17.4. The molecule has 0 amide bonds. The van der Waals surface area contributed by atoms with Crippen molar-refractivity contribution in [3.8, 4) is 29.4 Å². The Hall–Kier alpha value is -4.36. The van der Waals surface area contributed by atoms with E-state index in [1.807, 2.05) is 0 Å². The highest BCUT2D eigenvalue weighted by Gasteiger charge is 2.12. The second-order valence-electron chi connectivity index (χ2n) is 7.08.